The third kappa shape index (κ3) is 2.07. The molecular formula is C14H9FN2O3. The van der Waals surface area contributed by atoms with E-state index in [1.54, 1.807) is 12.1 Å². The van der Waals surface area contributed by atoms with Gasteiger partial charge in [0.25, 0.3) is 5.56 Å². The van der Waals surface area contributed by atoms with E-state index in [1.165, 1.54) is 30.5 Å². The monoisotopic (exact) mass is 272 g/mol. The zero-order valence-electron chi connectivity index (χ0n) is 10.1. The molecule has 0 spiro atoms. The summed E-state index contributed by atoms with van der Waals surface area (Å²) in [5.74, 6) is -0.400. The van der Waals surface area contributed by atoms with Gasteiger partial charge in [0.1, 0.15) is 11.4 Å². The van der Waals surface area contributed by atoms with Gasteiger partial charge in [-0.1, -0.05) is 12.1 Å². The lowest BCUT2D eigenvalue weighted by Gasteiger charge is -2.04. The summed E-state index contributed by atoms with van der Waals surface area (Å²) in [5, 5.41) is 9.93. The number of halogens is 1. The molecule has 0 radical (unpaired) electrons. The number of aromatic amines is 1. The van der Waals surface area contributed by atoms with Crippen LogP contribution in [-0.4, -0.2) is 15.1 Å². The van der Waals surface area contributed by atoms with E-state index in [-0.39, 0.29) is 11.4 Å². The second-order valence-electron chi connectivity index (χ2n) is 4.10. The minimum absolute atomic E-state index is 0.0136. The fraction of sp³-hybridized carbons (Fsp3) is 0. The second kappa shape index (κ2) is 4.65. The van der Waals surface area contributed by atoms with Gasteiger partial charge in [-0.25, -0.2) is 4.39 Å². The standard InChI is InChI=1S/C14H9FN2O3/c15-9-5-3-8(4-6-9)11-13(18)16-12(17-14(11)19)10-2-1-7-20-10/h1-7H,(H2,16,17,18,19). The Morgan fingerprint density at radius 3 is 2.55 bits per heavy atom. The van der Waals surface area contributed by atoms with Gasteiger partial charge in [-0.2, -0.15) is 4.98 Å². The molecule has 0 saturated heterocycles. The molecule has 5 nitrogen and oxygen atoms in total. The highest BCUT2D eigenvalue weighted by Crippen LogP contribution is 2.25. The normalized spacial score (nSPS) is 10.7. The van der Waals surface area contributed by atoms with Crippen molar-refractivity contribution in [2.45, 2.75) is 0 Å². The topological polar surface area (TPSA) is 79.1 Å². The quantitative estimate of drug-likeness (QED) is 0.751. The lowest BCUT2D eigenvalue weighted by molar-refractivity contribution is 0.452. The maximum atomic E-state index is 12.9. The Morgan fingerprint density at radius 1 is 1.20 bits per heavy atom. The van der Waals surface area contributed by atoms with Gasteiger partial charge in [-0.3, -0.25) is 4.79 Å². The first-order chi connectivity index (χ1) is 9.65. The Hall–Kier alpha value is -2.89. The van der Waals surface area contributed by atoms with Gasteiger partial charge in [0.2, 0.25) is 5.88 Å². The molecule has 2 aromatic heterocycles. The summed E-state index contributed by atoms with van der Waals surface area (Å²) in [6, 6.07) is 8.45. The smallest absolute Gasteiger partial charge is 0.263 e. The Bertz CT molecular complexity index is 792. The first-order valence-corrected chi connectivity index (χ1v) is 5.78. The summed E-state index contributed by atoms with van der Waals surface area (Å²) in [5.41, 5.74) is -0.167. The van der Waals surface area contributed by atoms with Gasteiger partial charge >= 0.3 is 0 Å². The molecule has 0 unspecified atom stereocenters. The molecule has 2 heterocycles. The Kier molecular flexibility index (Phi) is 2.83. The average molecular weight is 272 g/mol. The van der Waals surface area contributed by atoms with Crippen LogP contribution in [0.15, 0.2) is 51.9 Å². The molecule has 100 valence electrons. The number of H-pyrrole nitrogens is 1. The van der Waals surface area contributed by atoms with Crippen LogP contribution in [0.1, 0.15) is 0 Å². The van der Waals surface area contributed by atoms with E-state index in [4.69, 9.17) is 4.42 Å². The lowest BCUT2D eigenvalue weighted by Crippen LogP contribution is -2.11. The lowest BCUT2D eigenvalue weighted by atomic mass is 10.1. The predicted octanol–water partition coefficient (Wildman–Crippen LogP) is 2.54. The number of aromatic hydroxyl groups is 1. The van der Waals surface area contributed by atoms with E-state index in [2.05, 4.69) is 9.97 Å². The van der Waals surface area contributed by atoms with Crippen LogP contribution in [0.2, 0.25) is 0 Å². The number of aromatic nitrogens is 2. The van der Waals surface area contributed by atoms with Crippen LogP contribution in [0.3, 0.4) is 0 Å². The van der Waals surface area contributed by atoms with Crippen molar-refractivity contribution >= 4 is 0 Å². The largest absolute Gasteiger partial charge is 0.493 e. The van der Waals surface area contributed by atoms with Crippen molar-refractivity contribution in [3.8, 4) is 28.6 Å². The molecule has 2 N–H and O–H groups in total. The van der Waals surface area contributed by atoms with Crippen molar-refractivity contribution < 1.29 is 13.9 Å². The number of rotatable bonds is 2. The molecule has 0 fully saturated rings. The minimum atomic E-state index is -0.532. The summed E-state index contributed by atoms with van der Waals surface area (Å²) in [6.07, 6.45) is 1.43. The van der Waals surface area contributed by atoms with E-state index < -0.39 is 17.3 Å². The van der Waals surface area contributed by atoms with Gasteiger partial charge in [0, 0.05) is 0 Å². The van der Waals surface area contributed by atoms with E-state index in [0.717, 1.165) is 0 Å². The number of nitrogens with one attached hydrogen (secondary N) is 1. The van der Waals surface area contributed by atoms with Gasteiger partial charge < -0.3 is 14.5 Å². The highest BCUT2D eigenvalue weighted by Gasteiger charge is 2.14. The number of hydrogen-bond acceptors (Lipinski definition) is 4. The Balaban J connectivity index is 2.14. The summed E-state index contributed by atoms with van der Waals surface area (Å²) >= 11 is 0. The number of benzene rings is 1. The van der Waals surface area contributed by atoms with Gasteiger partial charge in [0.15, 0.2) is 11.6 Å². The molecule has 0 saturated carbocycles. The number of furan rings is 1. The first-order valence-electron chi connectivity index (χ1n) is 5.78. The van der Waals surface area contributed by atoms with E-state index in [1.807, 2.05) is 0 Å². The second-order valence-corrected chi connectivity index (χ2v) is 4.10. The van der Waals surface area contributed by atoms with Crippen molar-refractivity contribution in [3.05, 3.63) is 58.8 Å². The summed E-state index contributed by atoms with van der Waals surface area (Å²) < 4.78 is 18.0. The van der Waals surface area contributed by atoms with Gasteiger partial charge in [-0.05, 0) is 29.8 Å². The van der Waals surface area contributed by atoms with Crippen LogP contribution >= 0.6 is 0 Å². The van der Waals surface area contributed by atoms with E-state index >= 15 is 0 Å². The maximum Gasteiger partial charge on any atom is 0.263 e. The van der Waals surface area contributed by atoms with Crippen LogP contribution in [0, 0.1) is 5.82 Å². The van der Waals surface area contributed by atoms with Gasteiger partial charge in [-0.15, -0.1) is 0 Å². The molecule has 3 rings (SSSR count). The summed E-state index contributed by atoms with van der Waals surface area (Å²) in [7, 11) is 0. The highest BCUT2D eigenvalue weighted by molar-refractivity contribution is 5.68. The number of hydrogen-bond donors (Lipinski definition) is 2. The fourth-order valence-corrected chi connectivity index (χ4v) is 1.87. The molecule has 3 aromatic rings. The molecule has 6 heteroatoms. The molecule has 0 bridgehead atoms. The van der Waals surface area contributed by atoms with Crippen molar-refractivity contribution in [1.82, 2.24) is 9.97 Å². The highest BCUT2D eigenvalue weighted by atomic mass is 19.1. The van der Waals surface area contributed by atoms with Crippen LogP contribution in [-0.2, 0) is 0 Å². The molecule has 0 amide bonds. The van der Waals surface area contributed by atoms with E-state index in [0.29, 0.717) is 11.3 Å². The maximum absolute atomic E-state index is 12.9. The number of nitrogens with zero attached hydrogens (tertiary/aromatic N) is 1. The SMILES string of the molecule is O=c1[nH]c(-c2ccco2)nc(O)c1-c1ccc(F)cc1. The third-order valence-corrected chi connectivity index (χ3v) is 2.79. The molecule has 0 aliphatic carbocycles. The third-order valence-electron chi connectivity index (χ3n) is 2.79. The minimum Gasteiger partial charge on any atom is -0.493 e. The molecule has 0 aliphatic rings. The zero-order chi connectivity index (χ0) is 14.1. The fourth-order valence-electron chi connectivity index (χ4n) is 1.87. The predicted molar refractivity (Wildman–Crippen MR) is 69.6 cm³/mol. The average Bonchev–Trinajstić information content (AvgIpc) is 2.94. The van der Waals surface area contributed by atoms with Crippen molar-refractivity contribution in [3.63, 3.8) is 0 Å². The first kappa shape index (κ1) is 12.2. The van der Waals surface area contributed by atoms with Crippen molar-refractivity contribution in [2.24, 2.45) is 0 Å². The molecule has 20 heavy (non-hydrogen) atoms. The van der Waals surface area contributed by atoms with Crippen LogP contribution in [0.5, 0.6) is 5.88 Å². The summed E-state index contributed by atoms with van der Waals surface area (Å²) in [4.78, 5) is 18.5. The van der Waals surface area contributed by atoms with Gasteiger partial charge in [0.05, 0.1) is 6.26 Å². The Morgan fingerprint density at radius 2 is 1.95 bits per heavy atom. The van der Waals surface area contributed by atoms with Crippen LogP contribution < -0.4 is 5.56 Å². The van der Waals surface area contributed by atoms with Crippen molar-refractivity contribution in [1.29, 1.82) is 0 Å². The molecular weight excluding hydrogens is 263 g/mol. The summed E-state index contributed by atoms with van der Waals surface area (Å²) in [6.45, 7) is 0. The molecule has 0 aliphatic heterocycles. The zero-order valence-corrected chi connectivity index (χ0v) is 10.1. The van der Waals surface area contributed by atoms with E-state index in [9.17, 15) is 14.3 Å². The van der Waals surface area contributed by atoms with Crippen LogP contribution in [0.4, 0.5) is 4.39 Å². The Labute approximate surface area is 112 Å². The van der Waals surface area contributed by atoms with Crippen LogP contribution in [0.25, 0.3) is 22.7 Å². The molecule has 1 aromatic carbocycles. The van der Waals surface area contributed by atoms with Crippen molar-refractivity contribution in [2.75, 3.05) is 0 Å². The molecule has 0 atom stereocenters.